The van der Waals surface area contributed by atoms with E-state index in [1.807, 2.05) is 38.1 Å². The molecule has 6 heteroatoms. The Kier molecular flexibility index (Phi) is 8.21. The maximum absolute atomic E-state index is 12.9. The SMILES string of the molecule is CCN=C1CC2=C(C=C1C)C(c1ccccc1C(=O)OCC)c1cc(C)c(NCC)cc1O2.Cl. The highest BCUT2D eigenvalue weighted by Crippen LogP contribution is 2.48. The smallest absolute Gasteiger partial charge is 0.338 e. The molecule has 1 unspecified atom stereocenters. The van der Waals surface area contributed by atoms with E-state index in [2.05, 4.69) is 49.3 Å². The van der Waals surface area contributed by atoms with Gasteiger partial charge in [-0.1, -0.05) is 18.2 Å². The van der Waals surface area contributed by atoms with Crippen molar-refractivity contribution in [3.63, 3.8) is 0 Å². The van der Waals surface area contributed by atoms with Crippen LogP contribution in [0, 0.1) is 6.92 Å². The van der Waals surface area contributed by atoms with Crippen LogP contribution < -0.4 is 10.1 Å². The van der Waals surface area contributed by atoms with Gasteiger partial charge in [-0.15, -0.1) is 12.4 Å². The van der Waals surface area contributed by atoms with Crippen LogP contribution in [0.3, 0.4) is 0 Å². The van der Waals surface area contributed by atoms with Gasteiger partial charge in [0.25, 0.3) is 0 Å². The van der Waals surface area contributed by atoms with E-state index in [0.29, 0.717) is 18.6 Å². The zero-order chi connectivity index (χ0) is 23.5. The Morgan fingerprint density at radius 3 is 2.62 bits per heavy atom. The summed E-state index contributed by atoms with van der Waals surface area (Å²) in [7, 11) is 0. The van der Waals surface area contributed by atoms with Gasteiger partial charge in [0.2, 0.25) is 0 Å². The molecule has 0 bridgehead atoms. The normalized spacial score (nSPS) is 17.7. The second-order valence-corrected chi connectivity index (χ2v) is 8.38. The van der Waals surface area contributed by atoms with Gasteiger partial charge in [0.05, 0.1) is 12.2 Å². The van der Waals surface area contributed by atoms with E-state index in [0.717, 1.165) is 63.8 Å². The van der Waals surface area contributed by atoms with E-state index >= 15 is 0 Å². The molecule has 5 nitrogen and oxygen atoms in total. The Balaban J connectivity index is 0.00000324. The number of rotatable bonds is 6. The Morgan fingerprint density at radius 2 is 1.91 bits per heavy atom. The van der Waals surface area contributed by atoms with Gasteiger partial charge in [-0.3, -0.25) is 4.99 Å². The minimum Gasteiger partial charge on any atom is -0.462 e. The third-order valence-electron chi connectivity index (χ3n) is 6.17. The summed E-state index contributed by atoms with van der Waals surface area (Å²) in [5.41, 5.74) is 8.07. The number of nitrogens with one attached hydrogen (secondary N) is 1. The molecule has 0 saturated heterocycles. The van der Waals surface area contributed by atoms with Crippen LogP contribution in [0.2, 0.25) is 0 Å². The van der Waals surface area contributed by atoms with Gasteiger partial charge >= 0.3 is 5.97 Å². The summed E-state index contributed by atoms with van der Waals surface area (Å²) < 4.78 is 11.9. The van der Waals surface area contributed by atoms with E-state index in [1.165, 1.54) is 0 Å². The van der Waals surface area contributed by atoms with Gasteiger partial charge in [-0.25, -0.2) is 4.79 Å². The first-order valence-corrected chi connectivity index (χ1v) is 11.8. The summed E-state index contributed by atoms with van der Waals surface area (Å²) >= 11 is 0. The molecule has 180 valence electrons. The monoisotopic (exact) mass is 480 g/mol. The number of benzene rings is 2. The molecule has 1 aliphatic carbocycles. The number of carbonyl (C=O) groups is 1. The predicted molar refractivity (Wildman–Crippen MR) is 141 cm³/mol. The Morgan fingerprint density at radius 1 is 1.15 bits per heavy atom. The number of aryl methyl sites for hydroxylation is 1. The van der Waals surface area contributed by atoms with Gasteiger partial charge in [0.15, 0.2) is 0 Å². The number of anilines is 1. The van der Waals surface area contributed by atoms with Crippen molar-refractivity contribution in [2.24, 2.45) is 4.99 Å². The lowest BCUT2D eigenvalue weighted by molar-refractivity contribution is 0.0525. The maximum Gasteiger partial charge on any atom is 0.338 e. The average Bonchev–Trinajstić information content (AvgIpc) is 2.80. The molecule has 2 aromatic carbocycles. The van der Waals surface area contributed by atoms with Crippen molar-refractivity contribution in [2.45, 2.75) is 47.0 Å². The van der Waals surface area contributed by atoms with Crippen molar-refractivity contribution in [1.82, 2.24) is 0 Å². The molecule has 1 N–H and O–H groups in total. The van der Waals surface area contributed by atoms with Gasteiger partial charge in [0, 0.05) is 54.0 Å². The number of esters is 1. The molecular weight excluding hydrogens is 448 g/mol. The molecule has 0 spiro atoms. The van der Waals surface area contributed by atoms with E-state index < -0.39 is 0 Å². The fourth-order valence-corrected chi connectivity index (χ4v) is 4.69. The number of hydrogen-bond acceptors (Lipinski definition) is 5. The highest BCUT2D eigenvalue weighted by molar-refractivity contribution is 6.03. The highest BCUT2D eigenvalue weighted by Gasteiger charge is 2.35. The summed E-state index contributed by atoms with van der Waals surface area (Å²) in [6.45, 7) is 12.1. The summed E-state index contributed by atoms with van der Waals surface area (Å²) in [5, 5.41) is 3.43. The van der Waals surface area contributed by atoms with Gasteiger partial charge in [-0.2, -0.15) is 0 Å². The summed E-state index contributed by atoms with van der Waals surface area (Å²) in [5.74, 6) is 1.30. The van der Waals surface area contributed by atoms with Crippen LogP contribution in [0.4, 0.5) is 5.69 Å². The maximum atomic E-state index is 12.9. The first kappa shape index (κ1) is 25.6. The molecule has 0 saturated carbocycles. The van der Waals surface area contributed by atoms with Crippen LogP contribution in [0.15, 0.2) is 64.4 Å². The fraction of sp³-hybridized carbons (Fsp3) is 0.357. The van der Waals surface area contributed by atoms with Crippen molar-refractivity contribution >= 4 is 29.8 Å². The molecule has 1 aliphatic heterocycles. The second-order valence-electron chi connectivity index (χ2n) is 8.38. The molecule has 1 heterocycles. The van der Waals surface area contributed by atoms with Crippen molar-refractivity contribution in [2.75, 3.05) is 25.0 Å². The zero-order valence-electron chi connectivity index (χ0n) is 20.5. The highest BCUT2D eigenvalue weighted by atomic mass is 35.5. The molecule has 0 amide bonds. The molecule has 1 atom stereocenters. The van der Waals surface area contributed by atoms with Crippen LogP contribution in [-0.4, -0.2) is 31.4 Å². The quantitative estimate of drug-likeness (QED) is 0.472. The third-order valence-corrected chi connectivity index (χ3v) is 6.17. The summed E-state index contributed by atoms with van der Waals surface area (Å²) in [6.07, 6.45) is 2.82. The number of ether oxygens (including phenoxy) is 2. The Labute approximate surface area is 208 Å². The largest absolute Gasteiger partial charge is 0.462 e. The van der Waals surface area contributed by atoms with Crippen LogP contribution in [0.5, 0.6) is 5.75 Å². The van der Waals surface area contributed by atoms with Gasteiger partial charge in [-0.05, 0) is 69.5 Å². The van der Waals surface area contributed by atoms with Crippen molar-refractivity contribution < 1.29 is 14.3 Å². The fourth-order valence-electron chi connectivity index (χ4n) is 4.69. The molecule has 2 aliphatic rings. The van der Waals surface area contributed by atoms with Crippen molar-refractivity contribution in [1.29, 1.82) is 0 Å². The predicted octanol–water partition coefficient (Wildman–Crippen LogP) is 6.61. The number of halogens is 1. The Hall–Kier alpha value is -3.05. The van der Waals surface area contributed by atoms with Crippen LogP contribution in [0.1, 0.15) is 67.1 Å². The molecule has 0 fully saturated rings. The van der Waals surface area contributed by atoms with Crippen molar-refractivity contribution in [3.8, 4) is 5.75 Å². The lowest BCUT2D eigenvalue weighted by atomic mass is 9.76. The number of aliphatic imine (C=N–C) groups is 1. The zero-order valence-corrected chi connectivity index (χ0v) is 21.3. The minimum atomic E-state index is -0.297. The average molecular weight is 481 g/mol. The molecule has 2 aromatic rings. The summed E-state index contributed by atoms with van der Waals surface area (Å²) in [4.78, 5) is 17.6. The van der Waals surface area contributed by atoms with Crippen molar-refractivity contribution in [3.05, 3.63) is 81.6 Å². The number of nitrogens with zero attached hydrogens (tertiary/aromatic N) is 1. The molecule has 4 rings (SSSR count). The molecule has 0 aromatic heterocycles. The lowest BCUT2D eigenvalue weighted by Gasteiger charge is -2.34. The van der Waals surface area contributed by atoms with E-state index in [1.54, 1.807) is 0 Å². The molecular formula is C28H33ClN2O3. The number of carbonyl (C=O) groups excluding carboxylic acids is 1. The van der Waals surface area contributed by atoms with Crippen LogP contribution in [-0.2, 0) is 4.74 Å². The second kappa shape index (κ2) is 10.9. The van der Waals surface area contributed by atoms with Gasteiger partial charge in [0.1, 0.15) is 11.5 Å². The van der Waals surface area contributed by atoms with Crippen LogP contribution in [0.25, 0.3) is 0 Å². The minimum absolute atomic E-state index is 0. The first-order chi connectivity index (χ1) is 16.0. The number of hydrogen-bond donors (Lipinski definition) is 1. The summed E-state index contributed by atoms with van der Waals surface area (Å²) in [6, 6.07) is 12.0. The molecule has 0 radical (unpaired) electrons. The lowest BCUT2D eigenvalue weighted by Crippen LogP contribution is -2.24. The third kappa shape index (κ3) is 4.76. The van der Waals surface area contributed by atoms with Gasteiger partial charge < -0.3 is 14.8 Å². The van der Waals surface area contributed by atoms with E-state index in [-0.39, 0.29) is 24.3 Å². The first-order valence-electron chi connectivity index (χ1n) is 11.8. The Bertz CT molecular complexity index is 1180. The topological polar surface area (TPSA) is 59.9 Å². The standard InChI is InChI=1S/C28H32N2O3.ClH/c1-6-29-23-15-25-21(13-17(23)4)27(19-11-9-10-12-20(19)28(31)32-8-3)22-14-18(5)24(30-7-2)16-26(22)33-25;/h9-15,27,29H,6-8,16H2,1-5H3;1H. The number of allylic oxidation sites excluding steroid dienone is 4. The van der Waals surface area contributed by atoms with Crippen LogP contribution >= 0.6 is 12.4 Å². The van der Waals surface area contributed by atoms with E-state index in [4.69, 9.17) is 9.47 Å². The molecule has 34 heavy (non-hydrogen) atoms. The number of fused-ring (bicyclic) bond motifs is 1. The van der Waals surface area contributed by atoms with E-state index in [9.17, 15) is 4.79 Å².